The highest BCUT2D eigenvalue weighted by atomic mass is 16.2. The molecule has 1 heterocycles. The van der Waals surface area contributed by atoms with Crippen molar-refractivity contribution in [3.8, 4) is 0 Å². The van der Waals surface area contributed by atoms with Crippen LogP contribution in [0.2, 0.25) is 0 Å². The lowest BCUT2D eigenvalue weighted by Gasteiger charge is -2.29. The second-order valence-electron chi connectivity index (χ2n) is 8.20. The van der Waals surface area contributed by atoms with Gasteiger partial charge in [-0.1, -0.05) is 26.7 Å². The number of aromatic nitrogens is 2. The van der Waals surface area contributed by atoms with Crippen molar-refractivity contribution in [3.05, 3.63) is 17.0 Å². The van der Waals surface area contributed by atoms with E-state index in [0.29, 0.717) is 30.3 Å². The Balaban J connectivity index is 1.64. The van der Waals surface area contributed by atoms with E-state index in [1.807, 2.05) is 0 Å². The van der Waals surface area contributed by atoms with E-state index >= 15 is 0 Å². The summed E-state index contributed by atoms with van der Waals surface area (Å²) in [6, 6.07) is 1.07. The van der Waals surface area contributed by atoms with Crippen LogP contribution in [0.25, 0.3) is 0 Å². The highest BCUT2D eigenvalue weighted by Crippen LogP contribution is 2.35. The summed E-state index contributed by atoms with van der Waals surface area (Å²) in [6.45, 7) is 9.62. The topological polar surface area (TPSA) is 38.1 Å². The van der Waals surface area contributed by atoms with Gasteiger partial charge in [-0.25, -0.2) is 0 Å². The van der Waals surface area contributed by atoms with E-state index in [9.17, 15) is 4.79 Å². The van der Waals surface area contributed by atoms with Crippen molar-refractivity contribution in [3.63, 3.8) is 0 Å². The number of nitrogens with zero attached hydrogens (tertiary/aromatic N) is 3. The van der Waals surface area contributed by atoms with Gasteiger partial charge >= 0.3 is 0 Å². The van der Waals surface area contributed by atoms with Crippen molar-refractivity contribution in [2.75, 3.05) is 0 Å². The van der Waals surface area contributed by atoms with Crippen LogP contribution in [0.15, 0.2) is 0 Å². The zero-order chi connectivity index (χ0) is 17.3. The minimum Gasteiger partial charge on any atom is -0.337 e. The first-order valence-electron chi connectivity index (χ1n) is 9.81. The predicted molar refractivity (Wildman–Crippen MR) is 97.0 cm³/mol. The van der Waals surface area contributed by atoms with Crippen LogP contribution >= 0.6 is 0 Å². The molecule has 0 unspecified atom stereocenters. The number of hydrogen-bond acceptors (Lipinski definition) is 2. The molecule has 4 heteroatoms. The van der Waals surface area contributed by atoms with Crippen LogP contribution in [0.3, 0.4) is 0 Å². The molecule has 0 N–H and O–H groups in total. The standard InChI is InChI=1S/C20H33N3O/c1-14(2)13-22-16(4)19(15(3)21-22)11-12-20(24)23(18-9-10-18)17-7-5-6-8-17/h14,17-18H,5-13H2,1-4H3. The molecule has 1 aromatic rings. The molecule has 1 aromatic heterocycles. The lowest BCUT2D eigenvalue weighted by Crippen LogP contribution is -2.40. The van der Waals surface area contributed by atoms with Gasteiger partial charge in [-0.2, -0.15) is 5.10 Å². The summed E-state index contributed by atoms with van der Waals surface area (Å²) in [5.74, 6) is 0.963. The van der Waals surface area contributed by atoms with Crippen LogP contribution < -0.4 is 0 Å². The van der Waals surface area contributed by atoms with Crippen LogP contribution in [0.5, 0.6) is 0 Å². The maximum absolute atomic E-state index is 12.9. The summed E-state index contributed by atoms with van der Waals surface area (Å²) < 4.78 is 2.12. The largest absolute Gasteiger partial charge is 0.337 e. The zero-order valence-corrected chi connectivity index (χ0v) is 15.8. The van der Waals surface area contributed by atoms with Crippen LogP contribution in [0, 0.1) is 19.8 Å². The second-order valence-corrected chi connectivity index (χ2v) is 8.20. The SMILES string of the molecule is Cc1nn(CC(C)C)c(C)c1CCC(=O)N(C1CCCC1)C1CC1. The molecule has 24 heavy (non-hydrogen) atoms. The Bertz CT molecular complexity index is 580. The predicted octanol–water partition coefficient (Wildman–Crippen LogP) is 4.02. The van der Waals surface area contributed by atoms with Crippen molar-refractivity contribution in [2.24, 2.45) is 5.92 Å². The fourth-order valence-electron chi connectivity index (χ4n) is 4.22. The van der Waals surface area contributed by atoms with Crippen molar-refractivity contribution in [2.45, 2.75) is 97.7 Å². The second kappa shape index (κ2) is 7.28. The Morgan fingerprint density at radius 3 is 2.38 bits per heavy atom. The van der Waals surface area contributed by atoms with Crippen LogP contribution in [-0.4, -0.2) is 32.7 Å². The average molecular weight is 332 g/mol. The molecule has 0 spiro atoms. The lowest BCUT2D eigenvalue weighted by molar-refractivity contribution is -0.134. The summed E-state index contributed by atoms with van der Waals surface area (Å²) in [6.07, 6.45) is 8.92. The summed E-state index contributed by atoms with van der Waals surface area (Å²) in [4.78, 5) is 15.2. The van der Waals surface area contributed by atoms with Gasteiger partial charge in [-0.05, 0) is 57.4 Å². The molecule has 4 nitrogen and oxygen atoms in total. The number of carbonyl (C=O) groups is 1. The smallest absolute Gasteiger partial charge is 0.223 e. The minimum atomic E-state index is 0.375. The van der Waals surface area contributed by atoms with E-state index < -0.39 is 0 Å². The molecule has 1 amide bonds. The van der Waals surface area contributed by atoms with Gasteiger partial charge in [0.05, 0.1) is 5.69 Å². The average Bonchev–Trinajstić information content (AvgIpc) is 3.12. The van der Waals surface area contributed by atoms with Crippen LogP contribution in [0.1, 0.15) is 75.7 Å². The first kappa shape index (κ1) is 17.5. The summed E-state index contributed by atoms with van der Waals surface area (Å²) in [7, 11) is 0. The molecule has 2 aliphatic rings. The van der Waals surface area contributed by atoms with Crippen LogP contribution in [-0.2, 0) is 17.8 Å². The molecule has 0 saturated heterocycles. The third kappa shape index (κ3) is 3.84. The Labute approximate surface area is 146 Å². The number of aryl methyl sites for hydroxylation is 1. The number of carbonyl (C=O) groups excluding carboxylic acids is 1. The lowest BCUT2D eigenvalue weighted by atomic mass is 10.1. The van der Waals surface area contributed by atoms with E-state index in [0.717, 1.165) is 18.7 Å². The van der Waals surface area contributed by atoms with E-state index in [-0.39, 0.29) is 0 Å². The fourth-order valence-corrected chi connectivity index (χ4v) is 4.22. The molecule has 3 rings (SSSR count). The molecule has 0 bridgehead atoms. The van der Waals surface area contributed by atoms with Gasteiger partial charge in [0.1, 0.15) is 0 Å². The highest BCUT2D eigenvalue weighted by Gasteiger charge is 2.38. The molecular formula is C20H33N3O. The van der Waals surface area contributed by atoms with E-state index in [1.54, 1.807) is 0 Å². The first-order chi connectivity index (χ1) is 11.5. The first-order valence-corrected chi connectivity index (χ1v) is 9.81. The van der Waals surface area contributed by atoms with Crippen molar-refractivity contribution >= 4 is 5.91 Å². The molecule has 0 atom stereocenters. The fraction of sp³-hybridized carbons (Fsp3) is 0.800. The van der Waals surface area contributed by atoms with Crippen molar-refractivity contribution in [1.29, 1.82) is 0 Å². The number of amides is 1. The molecule has 0 aromatic carbocycles. The van der Waals surface area contributed by atoms with E-state index in [4.69, 9.17) is 0 Å². The maximum atomic E-state index is 12.9. The summed E-state index contributed by atoms with van der Waals surface area (Å²) >= 11 is 0. The number of hydrogen-bond donors (Lipinski definition) is 0. The zero-order valence-electron chi connectivity index (χ0n) is 15.8. The minimum absolute atomic E-state index is 0.375. The molecule has 2 fully saturated rings. The molecule has 134 valence electrons. The normalized spacial score (nSPS) is 18.5. The van der Waals surface area contributed by atoms with Gasteiger partial charge in [0.2, 0.25) is 5.91 Å². The molecule has 0 radical (unpaired) electrons. The molecule has 2 aliphatic carbocycles. The monoisotopic (exact) mass is 331 g/mol. The van der Waals surface area contributed by atoms with Gasteiger partial charge < -0.3 is 4.90 Å². The van der Waals surface area contributed by atoms with Gasteiger partial charge in [-0.15, -0.1) is 0 Å². The van der Waals surface area contributed by atoms with E-state index in [2.05, 4.69) is 42.4 Å². The summed E-state index contributed by atoms with van der Waals surface area (Å²) in [5.41, 5.74) is 3.62. The Morgan fingerprint density at radius 1 is 1.17 bits per heavy atom. The number of rotatable bonds is 7. The third-order valence-corrected chi connectivity index (χ3v) is 5.60. The third-order valence-electron chi connectivity index (χ3n) is 5.60. The van der Waals surface area contributed by atoms with E-state index in [1.165, 1.54) is 49.8 Å². The molecule has 2 saturated carbocycles. The van der Waals surface area contributed by atoms with Gasteiger partial charge in [0.15, 0.2) is 0 Å². The van der Waals surface area contributed by atoms with Gasteiger partial charge in [-0.3, -0.25) is 9.48 Å². The van der Waals surface area contributed by atoms with Crippen molar-refractivity contribution in [1.82, 2.24) is 14.7 Å². The Kier molecular flexibility index (Phi) is 5.31. The Morgan fingerprint density at radius 2 is 1.79 bits per heavy atom. The maximum Gasteiger partial charge on any atom is 0.223 e. The Hall–Kier alpha value is -1.32. The van der Waals surface area contributed by atoms with Gasteiger partial charge in [0, 0.05) is 30.7 Å². The highest BCUT2D eigenvalue weighted by molar-refractivity contribution is 5.77. The van der Waals surface area contributed by atoms with Crippen LogP contribution in [0.4, 0.5) is 0 Å². The summed E-state index contributed by atoms with van der Waals surface area (Å²) in [5, 5.41) is 4.69. The van der Waals surface area contributed by atoms with Crippen molar-refractivity contribution < 1.29 is 4.79 Å². The quantitative estimate of drug-likeness (QED) is 0.757. The molecular weight excluding hydrogens is 298 g/mol. The van der Waals surface area contributed by atoms with Gasteiger partial charge in [0.25, 0.3) is 0 Å². The molecule has 0 aliphatic heterocycles.